The third-order valence-corrected chi connectivity index (χ3v) is 12.9. The van der Waals surface area contributed by atoms with Crippen molar-refractivity contribution < 1.29 is 23.8 Å². The van der Waals surface area contributed by atoms with Crippen LogP contribution in [0.1, 0.15) is 290 Å². The van der Waals surface area contributed by atoms with Gasteiger partial charge in [-0.2, -0.15) is 0 Å². The van der Waals surface area contributed by atoms with E-state index < -0.39 is 6.10 Å². The molecule has 0 fully saturated rings. The lowest BCUT2D eigenvalue weighted by atomic mass is 10.1. The van der Waals surface area contributed by atoms with Gasteiger partial charge in [0.1, 0.15) is 6.61 Å². The van der Waals surface area contributed by atoms with Crippen molar-refractivity contribution in [2.24, 2.45) is 0 Å². The van der Waals surface area contributed by atoms with Crippen molar-refractivity contribution in [3.63, 3.8) is 0 Å². The van der Waals surface area contributed by atoms with E-state index in [4.69, 9.17) is 14.2 Å². The van der Waals surface area contributed by atoms with Crippen LogP contribution >= 0.6 is 0 Å². The van der Waals surface area contributed by atoms with Crippen molar-refractivity contribution in [2.75, 3.05) is 19.8 Å². The van der Waals surface area contributed by atoms with E-state index in [9.17, 15) is 9.59 Å². The Morgan fingerprint density at radius 1 is 0.329 bits per heavy atom. The van der Waals surface area contributed by atoms with Gasteiger partial charge in [-0.15, -0.1) is 0 Å². The van der Waals surface area contributed by atoms with Gasteiger partial charge in [-0.05, 0) is 109 Å². The van der Waals surface area contributed by atoms with Crippen LogP contribution in [0.3, 0.4) is 0 Å². The Kier molecular flexibility index (Phi) is 57.9. The van der Waals surface area contributed by atoms with E-state index in [0.29, 0.717) is 19.4 Å². The van der Waals surface area contributed by atoms with E-state index in [1.807, 2.05) is 0 Å². The summed E-state index contributed by atoms with van der Waals surface area (Å²) in [6, 6.07) is 0. The maximum absolute atomic E-state index is 12.9. The third kappa shape index (κ3) is 57.7. The lowest BCUT2D eigenvalue weighted by Gasteiger charge is -2.18. The molecule has 0 aliphatic heterocycles. The fourth-order valence-electron chi connectivity index (χ4n) is 8.48. The van der Waals surface area contributed by atoms with Crippen LogP contribution in [0.2, 0.25) is 0 Å². The summed E-state index contributed by atoms with van der Waals surface area (Å²) in [7, 11) is 0. The Morgan fingerprint density at radius 2 is 0.643 bits per heavy atom. The highest BCUT2D eigenvalue weighted by Crippen LogP contribution is 2.15. The molecule has 1 unspecified atom stereocenters. The second-order valence-electron chi connectivity index (χ2n) is 19.8. The maximum atomic E-state index is 12.9. The Balaban J connectivity index is 4.30. The molecule has 0 spiro atoms. The van der Waals surface area contributed by atoms with Crippen LogP contribution in [0, 0.1) is 0 Å². The molecule has 0 N–H and O–H groups in total. The predicted octanol–water partition coefficient (Wildman–Crippen LogP) is 20.8. The highest BCUT2D eigenvalue weighted by Gasteiger charge is 2.17. The summed E-state index contributed by atoms with van der Waals surface area (Å²) in [5, 5.41) is 0. The number of unbranched alkanes of at least 4 members (excludes halogenated alkanes) is 30. The first-order valence-corrected chi connectivity index (χ1v) is 30.1. The molecule has 5 heteroatoms. The molecule has 1 atom stereocenters. The second kappa shape index (κ2) is 60.4. The zero-order valence-electron chi connectivity index (χ0n) is 46.5. The van der Waals surface area contributed by atoms with E-state index in [0.717, 1.165) is 89.9 Å². The highest BCUT2D eigenvalue weighted by atomic mass is 16.6. The minimum atomic E-state index is -0.551. The molecule has 0 bridgehead atoms. The molecule has 70 heavy (non-hydrogen) atoms. The molecule has 0 aromatic heterocycles. The maximum Gasteiger partial charge on any atom is 0.306 e. The van der Waals surface area contributed by atoms with Crippen LogP contribution < -0.4 is 0 Å². The van der Waals surface area contributed by atoms with Crippen LogP contribution in [0.25, 0.3) is 0 Å². The Morgan fingerprint density at radius 3 is 1.04 bits per heavy atom. The molecular weight excluding hydrogens is 861 g/mol. The molecular formula is C65H114O5. The molecule has 0 aromatic rings. The fraction of sp³-hybridized carbons (Fsp3) is 0.754. The quantitative estimate of drug-likeness (QED) is 0.0345. The number of carbonyl (C=O) groups excluding carboxylic acids is 2. The van der Waals surface area contributed by atoms with Crippen molar-refractivity contribution in [1.82, 2.24) is 0 Å². The fourth-order valence-corrected chi connectivity index (χ4v) is 8.48. The topological polar surface area (TPSA) is 61.8 Å². The summed E-state index contributed by atoms with van der Waals surface area (Å²) < 4.78 is 17.5. The summed E-state index contributed by atoms with van der Waals surface area (Å²) in [4.78, 5) is 25.6. The van der Waals surface area contributed by atoms with E-state index in [-0.39, 0.29) is 25.2 Å². The minimum absolute atomic E-state index is 0.0752. The van der Waals surface area contributed by atoms with Gasteiger partial charge in [-0.1, -0.05) is 254 Å². The average Bonchev–Trinajstić information content (AvgIpc) is 3.36. The molecule has 404 valence electrons. The number of rotatable bonds is 55. The molecule has 0 aromatic carbocycles. The molecule has 0 heterocycles. The summed E-state index contributed by atoms with van der Waals surface area (Å²) >= 11 is 0. The van der Waals surface area contributed by atoms with Gasteiger partial charge in [-0.25, -0.2) is 0 Å². The van der Waals surface area contributed by atoms with Gasteiger partial charge >= 0.3 is 11.9 Å². The highest BCUT2D eigenvalue weighted by molar-refractivity contribution is 5.70. The van der Waals surface area contributed by atoms with Crippen LogP contribution in [0.5, 0.6) is 0 Å². The largest absolute Gasteiger partial charge is 0.462 e. The summed E-state index contributed by atoms with van der Waals surface area (Å²) in [5.41, 5.74) is 0. The van der Waals surface area contributed by atoms with Crippen molar-refractivity contribution in [3.05, 3.63) is 85.1 Å². The number of allylic oxidation sites excluding steroid dienone is 14. The van der Waals surface area contributed by atoms with E-state index in [1.165, 1.54) is 167 Å². The van der Waals surface area contributed by atoms with Crippen LogP contribution in [-0.2, 0) is 23.8 Å². The van der Waals surface area contributed by atoms with Gasteiger partial charge in [0.15, 0.2) is 6.10 Å². The first-order chi connectivity index (χ1) is 34.6. The van der Waals surface area contributed by atoms with Crippen molar-refractivity contribution in [2.45, 2.75) is 297 Å². The first-order valence-electron chi connectivity index (χ1n) is 30.1. The van der Waals surface area contributed by atoms with Gasteiger partial charge in [0.2, 0.25) is 0 Å². The SMILES string of the molecule is CC/C=C\C/C=C\C/C=C\CCCCCCCCCCOCC(COC(=O)CCCCCCCCCCC/C=C\CCCCCCCC)OC(=O)CCCCCCCCC/C=C\C/C=C\C/C=C\CC. The van der Waals surface area contributed by atoms with E-state index >= 15 is 0 Å². The normalized spacial score (nSPS) is 12.8. The molecule has 0 rings (SSSR count). The lowest BCUT2D eigenvalue weighted by molar-refractivity contribution is -0.163. The van der Waals surface area contributed by atoms with Crippen molar-refractivity contribution in [1.29, 1.82) is 0 Å². The number of carbonyl (C=O) groups is 2. The molecule has 0 saturated heterocycles. The summed E-state index contributed by atoms with van der Waals surface area (Å²) in [6.07, 6.45) is 80.4. The van der Waals surface area contributed by atoms with Crippen LogP contribution in [0.15, 0.2) is 85.1 Å². The molecule has 0 saturated carbocycles. The van der Waals surface area contributed by atoms with Gasteiger partial charge < -0.3 is 14.2 Å². The second-order valence-corrected chi connectivity index (χ2v) is 19.8. The van der Waals surface area contributed by atoms with Gasteiger partial charge in [-0.3, -0.25) is 9.59 Å². The lowest BCUT2D eigenvalue weighted by Crippen LogP contribution is -2.30. The molecule has 0 aliphatic rings. The van der Waals surface area contributed by atoms with Gasteiger partial charge in [0, 0.05) is 19.4 Å². The Bertz CT molecular complexity index is 1290. The number of hydrogen-bond donors (Lipinski definition) is 0. The van der Waals surface area contributed by atoms with Gasteiger partial charge in [0.25, 0.3) is 0 Å². The monoisotopic (exact) mass is 975 g/mol. The zero-order chi connectivity index (χ0) is 50.6. The first kappa shape index (κ1) is 67.1. The third-order valence-electron chi connectivity index (χ3n) is 12.9. The summed E-state index contributed by atoms with van der Waals surface area (Å²) in [5.74, 6) is -0.407. The van der Waals surface area contributed by atoms with Crippen LogP contribution in [0.4, 0.5) is 0 Å². The number of esters is 2. The predicted molar refractivity (Wildman–Crippen MR) is 307 cm³/mol. The van der Waals surface area contributed by atoms with Crippen LogP contribution in [-0.4, -0.2) is 37.9 Å². The van der Waals surface area contributed by atoms with Crippen molar-refractivity contribution in [3.8, 4) is 0 Å². The van der Waals surface area contributed by atoms with Gasteiger partial charge in [0.05, 0.1) is 6.61 Å². The molecule has 0 aliphatic carbocycles. The molecule has 0 amide bonds. The minimum Gasteiger partial charge on any atom is -0.462 e. The Hall–Kier alpha value is -2.92. The number of hydrogen-bond acceptors (Lipinski definition) is 5. The smallest absolute Gasteiger partial charge is 0.306 e. The number of ether oxygens (including phenoxy) is 3. The van der Waals surface area contributed by atoms with Crippen molar-refractivity contribution >= 4 is 11.9 Å². The molecule has 0 radical (unpaired) electrons. The standard InChI is InChI=1S/C65H114O5/c1-4-7-10-13-16-19-22-25-28-31-33-35-37-40-43-46-49-52-55-58-64(66)69-62-63(61-68-60-57-54-51-48-45-42-39-36-32-29-26-23-20-17-14-11-8-5-2)70-65(67)59-56-53-50-47-44-41-38-34-30-27-24-21-18-15-12-9-6-3/h8-9,11-12,17-18,20-21,25-30,63H,4-7,10,13-16,19,22-24,31-62H2,1-3H3/b11-8-,12-9-,20-17-,21-18-,28-25-,29-26-,30-27-. The van der Waals surface area contributed by atoms with E-state index in [2.05, 4.69) is 106 Å². The average molecular weight is 976 g/mol. The molecule has 5 nitrogen and oxygen atoms in total. The summed E-state index contributed by atoms with van der Waals surface area (Å²) in [6.45, 7) is 7.61. The zero-order valence-corrected chi connectivity index (χ0v) is 46.5. The Labute approximate surface area is 435 Å². The van der Waals surface area contributed by atoms with E-state index in [1.54, 1.807) is 0 Å².